The van der Waals surface area contributed by atoms with E-state index in [0.29, 0.717) is 0 Å². The van der Waals surface area contributed by atoms with E-state index in [2.05, 4.69) is 30.1 Å². The Labute approximate surface area is 172 Å². The smallest absolute Gasteiger partial charge is 0.287 e. The van der Waals surface area contributed by atoms with Crippen molar-refractivity contribution in [3.8, 4) is 0 Å². The van der Waals surface area contributed by atoms with Crippen molar-refractivity contribution in [3.05, 3.63) is 65.6 Å². The second-order valence-electron chi connectivity index (χ2n) is 7.67. The van der Waals surface area contributed by atoms with E-state index >= 15 is 0 Å². The first kappa shape index (κ1) is 21.3. The minimum Gasteiger partial charge on any atom is -0.455 e. The summed E-state index contributed by atoms with van der Waals surface area (Å²) in [5.74, 6) is -0.158. The quantitative estimate of drug-likeness (QED) is 0.700. The molecular formula is C22H28N2O4S. The minimum absolute atomic E-state index is 0.104. The molecule has 1 amide bonds. The summed E-state index contributed by atoms with van der Waals surface area (Å²) < 4.78 is 30.4. The third-order valence-corrected chi connectivity index (χ3v) is 6.66. The highest BCUT2D eigenvalue weighted by Crippen LogP contribution is 2.19. The lowest BCUT2D eigenvalue weighted by Crippen LogP contribution is -2.44. The van der Waals surface area contributed by atoms with Gasteiger partial charge in [-0.1, -0.05) is 29.8 Å². The fraction of sp³-hybridized carbons (Fsp3) is 0.409. The molecule has 6 nitrogen and oxygen atoms in total. The van der Waals surface area contributed by atoms with Gasteiger partial charge in [0, 0.05) is 25.7 Å². The maximum Gasteiger partial charge on any atom is 0.287 e. The molecule has 0 saturated carbocycles. The van der Waals surface area contributed by atoms with Gasteiger partial charge in [-0.3, -0.25) is 9.69 Å². The van der Waals surface area contributed by atoms with Crippen LogP contribution in [0.2, 0.25) is 0 Å². The molecule has 0 radical (unpaired) electrons. The Balaban J connectivity index is 1.53. The van der Waals surface area contributed by atoms with Gasteiger partial charge in [0.05, 0.1) is 4.90 Å². The van der Waals surface area contributed by atoms with Crippen molar-refractivity contribution in [3.63, 3.8) is 0 Å². The summed E-state index contributed by atoms with van der Waals surface area (Å²) in [4.78, 5) is 15.1. The van der Waals surface area contributed by atoms with Gasteiger partial charge in [-0.15, -0.1) is 0 Å². The van der Waals surface area contributed by atoms with Gasteiger partial charge < -0.3 is 9.73 Å². The minimum atomic E-state index is -3.51. The summed E-state index contributed by atoms with van der Waals surface area (Å²) >= 11 is 0. The summed E-state index contributed by atoms with van der Waals surface area (Å²) in [6.07, 6.45) is 3.99. The maximum atomic E-state index is 12.5. The summed E-state index contributed by atoms with van der Waals surface area (Å²) in [7, 11) is -3.51. The summed E-state index contributed by atoms with van der Waals surface area (Å²) in [6, 6.07) is 11.4. The molecule has 2 heterocycles. The van der Waals surface area contributed by atoms with Gasteiger partial charge >= 0.3 is 0 Å². The third kappa shape index (κ3) is 6.05. The number of carbonyl (C=O) groups is 1. The average molecular weight is 417 g/mol. The van der Waals surface area contributed by atoms with Crippen molar-refractivity contribution in [1.29, 1.82) is 0 Å². The lowest BCUT2D eigenvalue weighted by molar-refractivity contribution is 0.0884. The molecule has 0 spiro atoms. The van der Waals surface area contributed by atoms with Crippen molar-refractivity contribution in [2.45, 2.75) is 43.4 Å². The summed E-state index contributed by atoms with van der Waals surface area (Å²) in [6.45, 7) is 7.01. The number of carbonyl (C=O) groups excluding carboxylic acids is 1. The van der Waals surface area contributed by atoms with Crippen LogP contribution in [0.3, 0.4) is 0 Å². The molecule has 156 valence electrons. The molecule has 0 unspecified atom stereocenters. The molecule has 1 N–H and O–H groups in total. The Morgan fingerprint density at radius 3 is 2.48 bits per heavy atom. The number of benzene rings is 1. The first-order valence-corrected chi connectivity index (χ1v) is 11.5. The number of sulfone groups is 1. The maximum absolute atomic E-state index is 12.5. The Kier molecular flexibility index (Phi) is 6.92. The molecule has 1 aliphatic heterocycles. The zero-order chi connectivity index (χ0) is 20.9. The van der Waals surface area contributed by atoms with Crippen molar-refractivity contribution in [2.24, 2.45) is 0 Å². The number of furan rings is 1. The number of hydrogen-bond donors (Lipinski definition) is 1. The van der Waals surface area contributed by atoms with Crippen LogP contribution in [0.5, 0.6) is 0 Å². The molecule has 1 saturated heterocycles. The molecule has 2 aromatic rings. The van der Waals surface area contributed by atoms with Crippen LogP contribution in [-0.2, 0) is 15.6 Å². The van der Waals surface area contributed by atoms with Gasteiger partial charge in [-0.2, -0.15) is 0 Å². The number of piperidine rings is 1. The van der Waals surface area contributed by atoms with Crippen molar-refractivity contribution in [1.82, 2.24) is 10.2 Å². The standard InChI is InChI=1S/C22H28N2O4S/c1-17(2)10-13-24-14-11-18(12-15-24)23-22(25)21-9-8-19(28-21)16-29(26,27)20-6-4-3-5-7-20/h3-10,18H,11-16H2,1-2H3,(H,23,25). The normalized spacial score (nSPS) is 15.8. The molecule has 7 heteroatoms. The highest BCUT2D eigenvalue weighted by Gasteiger charge is 2.23. The van der Waals surface area contributed by atoms with E-state index in [9.17, 15) is 13.2 Å². The van der Waals surface area contributed by atoms with E-state index in [4.69, 9.17) is 4.42 Å². The molecule has 3 rings (SSSR count). The predicted molar refractivity (Wildman–Crippen MR) is 112 cm³/mol. The van der Waals surface area contributed by atoms with E-state index < -0.39 is 9.84 Å². The van der Waals surface area contributed by atoms with Crippen molar-refractivity contribution in [2.75, 3.05) is 19.6 Å². The van der Waals surface area contributed by atoms with Crippen molar-refractivity contribution < 1.29 is 17.6 Å². The van der Waals surface area contributed by atoms with Crippen molar-refractivity contribution >= 4 is 15.7 Å². The van der Waals surface area contributed by atoms with Crippen LogP contribution in [0.4, 0.5) is 0 Å². The van der Waals surface area contributed by atoms with E-state index in [-0.39, 0.29) is 34.1 Å². The molecule has 1 aromatic heterocycles. The molecule has 1 aliphatic rings. The van der Waals surface area contributed by atoms with Gasteiger partial charge in [0.15, 0.2) is 15.6 Å². The van der Waals surface area contributed by atoms with Crippen LogP contribution in [0.15, 0.2) is 63.4 Å². The molecule has 29 heavy (non-hydrogen) atoms. The number of hydrogen-bond acceptors (Lipinski definition) is 5. The highest BCUT2D eigenvalue weighted by molar-refractivity contribution is 7.90. The lowest BCUT2D eigenvalue weighted by atomic mass is 10.0. The fourth-order valence-corrected chi connectivity index (χ4v) is 4.57. The monoisotopic (exact) mass is 416 g/mol. The second kappa shape index (κ2) is 9.41. The van der Waals surface area contributed by atoms with Gasteiger partial charge in [0.25, 0.3) is 5.91 Å². The van der Waals surface area contributed by atoms with Gasteiger partial charge in [-0.05, 0) is 51.0 Å². The predicted octanol–water partition coefficient (Wildman–Crippen LogP) is 3.41. The van der Waals surface area contributed by atoms with Crippen LogP contribution in [0.1, 0.15) is 43.0 Å². The van der Waals surface area contributed by atoms with Gasteiger partial charge in [-0.25, -0.2) is 8.42 Å². The Bertz CT molecular complexity index is 952. The van der Waals surface area contributed by atoms with Gasteiger partial charge in [0.1, 0.15) is 11.5 Å². The first-order valence-electron chi connectivity index (χ1n) is 9.86. The largest absolute Gasteiger partial charge is 0.455 e. The Hall–Kier alpha value is -2.38. The van der Waals surface area contributed by atoms with E-state index in [1.807, 2.05) is 0 Å². The highest BCUT2D eigenvalue weighted by atomic mass is 32.2. The van der Waals surface area contributed by atoms with Crippen LogP contribution in [0.25, 0.3) is 0 Å². The number of likely N-dealkylation sites (tertiary alicyclic amines) is 1. The van der Waals surface area contributed by atoms with Crippen LogP contribution in [0, 0.1) is 0 Å². The third-order valence-electron chi connectivity index (χ3n) is 5.00. The zero-order valence-corrected chi connectivity index (χ0v) is 17.7. The van der Waals surface area contributed by atoms with Crippen LogP contribution in [-0.4, -0.2) is 44.9 Å². The van der Waals surface area contributed by atoms with E-state index in [1.165, 1.54) is 11.6 Å². The topological polar surface area (TPSA) is 79.6 Å². The average Bonchev–Trinajstić information content (AvgIpc) is 3.16. The number of allylic oxidation sites excluding steroid dienone is 1. The zero-order valence-electron chi connectivity index (χ0n) is 16.9. The Morgan fingerprint density at radius 2 is 1.83 bits per heavy atom. The van der Waals surface area contributed by atoms with Gasteiger partial charge in [0.2, 0.25) is 0 Å². The molecule has 0 atom stereocenters. The second-order valence-corrected chi connectivity index (χ2v) is 9.66. The molecule has 0 bridgehead atoms. The van der Waals surface area contributed by atoms with E-state index in [1.54, 1.807) is 36.4 Å². The lowest BCUT2D eigenvalue weighted by Gasteiger charge is -2.31. The van der Waals surface area contributed by atoms with Crippen LogP contribution < -0.4 is 5.32 Å². The number of nitrogens with zero attached hydrogens (tertiary/aromatic N) is 1. The van der Waals surface area contributed by atoms with E-state index in [0.717, 1.165) is 32.5 Å². The summed E-state index contributed by atoms with van der Waals surface area (Å²) in [5.41, 5.74) is 1.31. The fourth-order valence-electron chi connectivity index (χ4n) is 3.30. The molecule has 0 aliphatic carbocycles. The Morgan fingerprint density at radius 1 is 1.14 bits per heavy atom. The number of rotatable bonds is 7. The SMILES string of the molecule is CC(C)=CCN1CCC(NC(=O)c2ccc(CS(=O)(=O)c3ccccc3)o2)CC1. The first-order chi connectivity index (χ1) is 13.8. The number of nitrogens with one attached hydrogen (secondary N) is 1. The summed E-state index contributed by atoms with van der Waals surface area (Å²) in [5, 5.41) is 3.00. The molecule has 1 aromatic carbocycles. The molecular weight excluding hydrogens is 388 g/mol. The molecule has 1 fully saturated rings. The number of amides is 1. The van der Waals surface area contributed by atoms with Crippen LogP contribution >= 0.6 is 0 Å².